The number of hydrogen-bond acceptors (Lipinski definition) is 4. The van der Waals surface area contributed by atoms with Gasteiger partial charge in [-0.15, -0.1) is 0 Å². The first kappa shape index (κ1) is 18.0. The maximum atomic E-state index is 13.2. The molecule has 1 amide bonds. The Hall–Kier alpha value is -2.78. The van der Waals surface area contributed by atoms with E-state index >= 15 is 0 Å². The topological polar surface area (TPSA) is 83.8 Å². The van der Waals surface area contributed by atoms with Crippen LogP contribution in [0.1, 0.15) is 16.1 Å². The van der Waals surface area contributed by atoms with Crippen molar-refractivity contribution < 1.29 is 17.6 Å². The molecule has 2 aromatic heterocycles. The molecule has 0 unspecified atom stereocenters. The van der Waals surface area contributed by atoms with E-state index in [1.165, 1.54) is 55.0 Å². The van der Waals surface area contributed by atoms with Crippen LogP contribution in [0.4, 0.5) is 4.39 Å². The molecule has 26 heavy (non-hydrogen) atoms. The average molecular weight is 376 g/mol. The third kappa shape index (κ3) is 3.58. The molecule has 3 rings (SSSR count). The molecule has 0 aliphatic rings. The van der Waals surface area contributed by atoms with Crippen molar-refractivity contribution >= 4 is 21.6 Å². The molecule has 0 saturated carbocycles. The van der Waals surface area contributed by atoms with Crippen LogP contribution in [0.5, 0.6) is 0 Å². The quantitative estimate of drug-likeness (QED) is 0.734. The monoisotopic (exact) mass is 376 g/mol. The summed E-state index contributed by atoms with van der Waals surface area (Å²) in [5.74, 6) is -0.736. The molecule has 7 nitrogen and oxygen atoms in total. The van der Waals surface area contributed by atoms with Crippen LogP contribution in [0.2, 0.25) is 0 Å². The van der Waals surface area contributed by atoms with Gasteiger partial charge in [0.2, 0.25) is 10.0 Å². The van der Waals surface area contributed by atoms with E-state index in [4.69, 9.17) is 0 Å². The predicted molar refractivity (Wildman–Crippen MR) is 93.6 cm³/mol. The van der Waals surface area contributed by atoms with Crippen LogP contribution in [-0.2, 0) is 16.6 Å². The predicted octanol–water partition coefficient (Wildman–Crippen LogP) is 1.65. The number of imidazole rings is 1. The Morgan fingerprint density at radius 3 is 2.50 bits per heavy atom. The lowest BCUT2D eigenvalue weighted by Crippen LogP contribution is -2.24. The van der Waals surface area contributed by atoms with Crippen LogP contribution < -0.4 is 5.32 Å². The minimum atomic E-state index is -3.53. The Morgan fingerprint density at radius 2 is 1.85 bits per heavy atom. The second kappa shape index (κ2) is 6.85. The molecule has 0 saturated heterocycles. The van der Waals surface area contributed by atoms with E-state index in [9.17, 15) is 17.6 Å². The average Bonchev–Trinajstić information content (AvgIpc) is 3.01. The first-order chi connectivity index (χ1) is 12.3. The molecule has 0 fully saturated rings. The van der Waals surface area contributed by atoms with Gasteiger partial charge in [0.1, 0.15) is 11.5 Å². The molecule has 0 radical (unpaired) electrons. The van der Waals surface area contributed by atoms with Gasteiger partial charge in [0.05, 0.1) is 17.1 Å². The van der Waals surface area contributed by atoms with Gasteiger partial charge in [-0.1, -0.05) is 0 Å². The Morgan fingerprint density at radius 1 is 1.15 bits per heavy atom. The fourth-order valence-electron chi connectivity index (χ4n) is 2.36. The zero-order chi connectivity index (χ0) is 18.9. The van der Waals surface area contributed by atoms with Crippen LogP contribution in [0.25, 0.3) is 5.65 Å². The highest BCUT2D eigenvalue weighted by Crippen LogP contribution is 2.14. The van der Waals surface area contributed by atoms with E-state index < -0.39 is 10.0 Å². The Labute approximate surface area is 150 Å². The molecule has 0 aliphatic carbocycles. The molecular formula is C17H17FN4O3S. The normalized spacial score (nSPS) is 11.8. The van der Waals surface area contributed by atoms with Crippen molar-refractivity contribution in [1.29, 1.82) is 0 Å². The number of carbonyl (C=O) groups excluding carboxylic acids is 1. The van der Waals surface area contributed by atoms with Gasteiger partial charge in [-0.05, 0) is 36.4 Å². The zero-order valence-electron chi connectivity index (χ0n) is 14.2. The van der Waals surface area contributed by atoms with Gasteiger partial charge in [0.15, 0.2) is 0 Å². The Kier molecular flexibility index (Phi) is 4.75. The van der Waals surface area contributed by atoms with Crippen LogP contribution in [0.3, 0.4) is 0 Å². The SMILES string of the molecule is CN(C)S(=O)(=O)c1ccc(C(=O)NCc2cn3cc(F)ccc3n2)cc1. The number of nitrogens with one attached hydrogen (secondary N) is 1. The second-order valence-electron chi connectivity index (χ2n) is 5.84. The molecule has 9 heteroatoms. The van der Waals surface area contributed by atoms with Crippen LogP contribution in [0.15, 0.2) is 53.7 Å². The molecule has 1 aromatic carbocycles. The van der Waals surface area contributed by atoms with Crippen molar-refractivity contribution in [2.75, 3.05) is 14.1 Å². The van der Waals surface area contributed by atoms with E-state index in [0.717, 1.165) is 4.31 Å². The van der Waals surface area contributed by atoms with Crippen molar-refractivity contribution in [3.05, 3.63) is 65.9 Å². The molecule has 2 heterocycles. The van der Waals surface area contributed by atoms with Gasteiger partial charge >= 0.3 is 0 Å². The van der Waals surface area contributed by atoms with Gasteiger partial charge in [0, 0.05) is 32.1 Å². The number of sulfonamides is 1. The number of halogens is 1. The lowest BCUT2D eigenvalue weighted by Gasteiger charge is -2.11. The number of rotatable bonds is 5. The second-order valence-corrected chi connectivity index (χ2v) is 7.99. The smallest absolute Gasteiger partial charge is 0.251 e. The summed E-state index contributed by atoms with van der Waals surface area (Å²) in [4.78, 5) is 16.6. The fourth-order valence-corrected chi connectivity index (χ4v) is 3.27. The minimum absolute atomic E-state index is 0.112. The summed E-state index contributed by atoms with van der Waals surface area (Å²) in [5.41, 5.74) is 1.49. The third-order valence-electron chi connectivity index (χ3n) is 3.79. The van der Waals surface area contributed by atoms with Crippen molar-refractivity contribution in [1.82, 2.24) is 19.0 Å². The Bertz CT molecular complexity index is 1060. The summed E-state index contributed by atoms with van der Waals surface area (Å²) in [6, 6.07) is 8.53. The van der Waals surface area contributed by atoms with Crippen molar-refractivity contribution in [2.24, 2.45) is 0 Å². The van der Waals surface area contributed by atoms with Gasteiger partial charge in [-0.2, -0.15) is 0 Å². The maximum Gasteiger partial charge on any atom is 0.251 e. The van der Waals surface area contributed by atoms with Crippen LogP contribution in [-0.4, -0.2) is 42.1 Å². The van der Waals surface area contributed by atoms with E-state index in [0.29, 0.717) is 16.9 Å². The van der Waals surface area contributed by atoms with Gasteiger partial charge < -0.3 is 9.72 Å². The highest BCUT2D eigenvalue weighted by Gasteiger charge is 2.17. The number of aromatic nitrogens is 2. The highest BCUT2D eigenvalue weighted by molar-refractivity contribution is 7.89. The van der Waals surface area contributed by atoms with Gasteiger partial charge in [-0.3, -0.25) is 4.79 Å². The lowest BCUT2D eigenvalue weighted by molar-refractivity contribution is 0.0950. The van der Waals surface area contributed by atoms with Crippen LogP contribution in [0, 0.1) is 5.82 Å². The summed E-state index contributed by atoms with van der Waals surface area (Å²) in [7, 11) is -0.652. The van der Waals surface area contributed by atoms with Crippen molar-refractivity contribution in [3.63, 3.8) is 0 Å². The summed E-state index contributed by atoms with van der Waals surface area (Å²) in [6.07, 6.45) is 2.93. The molecule has 1 N–H and O–H groups in total. The number of benzene rings is 1. The standard InChI is InChI=1S/C17H17FN4O3S/c1-21(2)26(24,25)15-6-3-12(4-7-15)17(23)19-9-14-11-22-10-13(18)5-8-16(22)20-14/h3-8,10-11H,9H2,1-2H3,(H,19,23). The molecular weight excluding hydrogens is 359 g/mol. The summed E-state index contributed by atoms with van der Waals surface area (Å²) in [5, 5.41) is 2.70. The molecule has 0 aliphatic heterocycles. The van der Waals surface area contributed by atoms with E-state index in [1.807, 2.05) is 0 Å². The van der Waals surface area contributed by atoms with Crippen LogP contribution >= 0.6 is 0 Å². The van der Waals surface area contributed by atoms with E-state index in [1.54, 1.807) is 12.3 Å². The maximum absolute atomic E-state index is 13.2. The number of nitrogens with zero attached hydrogens (tertiary/aromatic N) is 3. The molecule has 136 valence electrons. The fraction of sp³-hybridized carbons (Fsp3) is 0.176. The van der Waals surface area contributed by atoms with E-state index in [2.05, 4.69) is 10.3 Å². The highest BCUT2D eigenvalue weighted by atomic mass is 32.2. The number of amides is 1. The van der Waals surface area contributed by atoms with Crippen molar-refractivity contribution in [2.45, 2.75) is 11.4 Å². The molecule has 3 aromatic rings. The number of pyridine rings is 1. The molecule has 0 bridgehead atoms. The minimum Gasteiger partial charge on any atom is -0.346 e. The van der Waals surface area contributed by atoms with E-state index in [-0.39, 0.29) is 23.2 Å². The number of carbonyl (C=O) groups is 1. The lowest BCUT2D eigenvalue weighted by atomic mass is 10.2. The van der Waals surface area contributed by atoms with Gasteiger partial charge in [0.25, 0.3) is 5.91 Å². The number of fused-ring (bicyclic) bond motifs is 1. The first-order valence-electron chi connectivity index (χ1n) is 7.71. The van der Waals surface area contributed by atoms with Gasteiger partial charge in [-0.25, -0.2) is 22.1 Å². The molecule has 0 spiro atoms. The zero-order valence-corrected chi connectivity index (χ0v) is 15.0. The number of hydrogen-bond donors (Lipinski definition) is 1. The largest absolute Gasteiger partial charge is 0.346 e. The summed E-state index contributed by atoms with van der Waals surface area (Å²) < 4.78 is 39.9. The first-order valence-corrected chi connectivity index (χ1v) is 9.15. The Balaban J connectivity index is 1.69. The van der Waals surface area contributed by atoms with Crippen molar-refractivity contribution in [3.8, 4) is 0 Å². The molecule has 0 atom stereocenters. The summed E-state index contributed by atoms with van der Waals surface area (Å²) >= 11 is 0. The third-order valence-corrected chi connectivity index (χ3v) is 5.62. The summed E-state index contributed by atoms with van der Waals surface area (Å²) in [6.45, 7) is 0.167.